The second-order valence-corrected chi connectivity index (χ2v) is 8.23. The van der Waals surface area contributed by atoms with Crippen molar-refractivity contribution in [1.82, 2.24) is 9.78 Å². The van der Waals surface area contributed by atoms with E-state index in [0.29, 0.717) is 24.0 Å². The van der Waals surface area contributed by atoms with Gasteiger partial charge in [0.1, 0.15) is 23.9 Å². The molecule has 0 atom stereocenters. The molecule has 0 bridgehead atoms. The first kappa shape index (κ1) is 22.3. The molecule has 33 heavy (non-hydrogen) atoms. The zero-order chi connectivity index (χ0) is 23.4. The molecule has 2 heterocycles. The molecule has 0 fully saturated rings. The van der Waals surface area contributed by atoms with E-state index in [1.54, 1.807) is 35.1 Å². The number of hydrogen-bond donors (Lipinski definition) is 1. The first-order chi connectivity index (χ1) is 15.9. The molecule has 7 heteroatoms. The highest BCUT2D eigenvalue weighted by Gasteiger charge is 2.14. The molecular formula is C26H26FN3O3. The Morgan fingerprint density at radius 3 is 2.79 bits per heavy atom. The van der Waals surface area contributed by atoms with Crippen LogP contribution < -0.4 is 10.1 Å². The fraction of sp³-hybridized carbons (Fsp3) is 0.231. The average Bonchev–Trinajstić information content (AvgIpc) is 3.42. The molecule has 0 saturated heterocycles. The summed E-state index contributed by atoms with van der Waals surface area (Å²) >= 11 is 0. The van der Waals surface area contributed by atoms with E-state index in [4.69, 9.17) is 9.15 Å². The maximum Gasteiger partial charge on any atom is 0.292 e. The van der Waals surface area contributed by atoms with Gasteiger partial charge < -0.3 is 14.5 Å². The maximum absolute atomic E-state index is 13.4. The number of amides is 1. The largest absolute Gasteiger partial charge is 0.485 e. The van der Waals surface area contributed by atoms with Crippen molar-refractivity contribution in [3.63, 3.8) is 0 Å². The molecule has 2 aromatic carbocycles. The molecule has 0 aliphatic heterocycles. The molecular weight excluding hydrogens is 421 g/mol. The van der Waals surface area contributed by atoms with Gasteiger partial charge in [0.2, 0.25) is 0 Å². The van der Waals surface area contributed by atoms with Gasteiger partial charge in [-0.25, -0.2) is 4.39 Å². The highest BCUT2D eigenvalue weighted by atomic mass is 19.1. The van der Waals surface area contributed by atoms with Crippen LogP contribution in [0.15, 0.2) is 71.3 Å². The molecule has 1 N–H and O–H groups in total. The van der Waals surface area contributed by atoms with E-state index in [1.807, 2.05) is 19.1 Å². The highest BCUT2D eigenvalue weighted by molar-refractivity contribution is 6.01. The minimum absolute atomic E-state index is 0.168. The summed E-state index contributed by atoms with van der Waals surface area (Å²) in [5.74, 6) is 1.54. The SMILES string of the molecule is Cc1ccc(C(C)C)c(OCc2ccc(C(=O)Nc3ccn(Cc4cccc(F)c4)n3)o2)c1. The van der Waals surface area contributed by atoms with Gasteiger partial charge in [-0.05, 0) is 59.9 Å². The van der Waals surface area contributed by atoms with E-state index in [9.17, 15) is 9.18 Å². The number of halogens is 1. The molecule has 6 nitrogen and oxygen atoms in total. The highest BCUT2D eigenvalue weighted by Crippen LogP contribution is 2.28. The van der Waals surface area contributed by atoms with Gasteiger partial charge in [0.05, 0.1) is 6.54 Å². The van der Waals surface area contributed by atoms with Gasteiger partial charge in [-0.2, -0.15) is 5.10 Å². The van der Waals surface area contributed by atoms with Crippen LogP contribution in [0, 0.1) is 12.7 Å². The lowest BCUT2D eigenvalue weighted by atomic mass is 10.0. The summed E-state index contributed by atoms with van der Waals surface area (Å²) in [4.78, 5) is 12.6. The van der Waals surface area contributed by atoms with Crippen LogP contribution in [0.4, 0.5) is 10.2 Å². The number of anilines is 1. The van der Waals surface area contributed by atoms with Crippen LogP contribution in [0.2, 0.25) is 0 Å². The van der Waals surface area contributed by atoms with Crippen LogP contribution in [0.3, 0.4) is 0 Å². The van der Waals surface area contributed by atoms with Gasteiger partial charge in [-0.15, -0.1) is 0 Å². The quantitative estimate of drug-likeness (QED) is 0.364. The van der Waals surface area contributed by atoms with Gasteiger partial charge in [-0.3, -0.25) is 9.48 Å². The van der Waals surface area contributed by atoms with E-state index in [-0.39, 0.29) is 18.2 Å². The molecule has 0 radical (unpaired) electrons. The number of ether oxygens (including phenoxy) is 1. The van der Waals surface area contributed by atoms with E-state index in [1.165, 1.54) is 12.1 Å². The van der Waals surface area contributed by atoms with Crippen LogP contribution in [0.1, 0.15) is 52.8 Å². The fourth-order valence-corrected chi connectivity index (χ4v) is 3.49. The standard InChI is InChI=1S/C26H26FN3O3/c1-17(2)22-9-7-18(3)13-24(22)32-16-21-8-10-23(33-21)26(31)28-25-11-12-30(29-25)15-19-5-4-6-20(27)14-19/h4-14,17H,15-16H2,1-3H3,(H,28,29,31). The number of aryl methyl sites for hydroxylation is 1. The summed E-state index contributed by atoms with van der Waals surface area (Å²) < 4.78 is 26.6. The van der Waals surface area contributed by atoms with Crippen molar-refractivity contribution in [2.24, 2.45) is 0 Å². The Hall–Kier alpha value is -3.87. The second kappa shape index (κ2) is 9.73. The second-order valence-electron chi connectivity index (χ2n) is 8.23. The third kappa shape index (κ3) is 5.68. The van der Waals surface area contributed by atoms with Crippen molar-refractivity contribution in [1.29, 1.82) is 0 Å². The summed E-state index contributed by atoms with van der Waals surface area (Å²) in [6.45, 7) is 6.87. The summed E-state index contributed by atoms with van der Waals surface area (Å²) in [5, 5.41) is 7.03. The Morgan fingerprint density at radius 2 is 2.00 bits per heavy atom. The number of nitrogens with zero attached hydrogens (tertiary/aromatic N) is 2. The minimum Gasteiger partial charge on any atom is -0.485 e. The molecule has 0 saturated carbocycles. The monoisotopic (exact) mass is 447 g/mol. The van der Waals surface area contributed by atoms with Gasteiger partial charge in [-0.1, -0.05) is 38.1 Å². The van der Waals surface area contributed by atoms with E-state index in [0.717, 1.165) is 22.4 Å². The predicted molar refractivity (Wildman–Crippen MR) is 124 cm³/mol. The van der Waals surface area contributed by atoms with Crippen LogP contribution in [-0.4, -0.2) is 15.7 Å². The number of carbonyl (C=O) groups excluding carboxylic acids is 1. The van der Waals surface area contributed by atoms with Gasteiger partial charge in [0.25, 0.3) is 5.91 Å². The van der Waals surface area contributed by atoms with Crippen LogP contribution in [-0.2, 0) is 13.2 Å². The maximum atomic E-state index is 13.4. The van der Waals surface area contributed by atoms with Gasteiger partial charge in [0.15, 0.2) is 11.6 Å². The van der Waals surface area contributed by atoms with E-state index in [2.05, 4.69) is 36.4 Å². The first-order valence-electron chi connectivity index (χ1n) is 10.8. The number of nitrogens with one attached hydrogen (secondary N) is 1. The number of benzene rings is 2. The Kier molecular flexibility index (Phi) is 6.58. The lowest BCUT2D eigenvalue weighted by molar-refractivity contribution is 0.0992. The zero-order valence-electron chi connectivity index (χ0n) is 18.8. The molecule has 4 rings (SSSR count). The lowest BCUT2D eigenvalue weighted by Crippen LogP contribution is -2.12. The fourth-order valence-electron chi connectivity index (χ4n) is 3.49. The Labute approximate surface area is 192 Å². The molecule has 0 aliphatic carbocycles. The molecule has 1 amide bonds. The van der Waals surface area contributed by atoms with E-state index < -0.39 is 5.91 Å². The van der Waals surface area contributed by atoms with Gasteiger partial charge >= 0.3 is 0 Å². The minimum atomic E-state index is -0.407. The van der Waals surface area contributed by atoms with Crippen LogP contribution >= 0.6 is 0 Å². The molecule has 0 unspecified atom stereocenters. The van der Waals surface area contributed by atoms with E-state index >= 15 is 0 Å². The Balaban J connectivity index is 1.36. The third-order valence-electron chi connectivity index (χ3n) is 5.16. The van der Waals surface area contributed by atoms with Crippen LogP contribution in [0.25, 0.3) is 0 Å². The molecule has 2 aromatic heterocycles. The first-order valence-corrected chi connectivity index (χ1v) is 10.8. The van der Waals surface area contributed by atoms with Crippen molar-refractivity contribution in [2.45, 2.75) is 39.8 Å². The summed E-state index contributed by atoms with van der Waals surface area (Å²) in [6.07, 6.45) is 1.72. The normalized spacial score (nSPS) is 11.1. The topological polar surface area (TPSA) is 69.3 Å². The van der Waals surface area contributed by atoms with Crippen molar-refractivity contribution < 1.29 is 18.3 Å². The van der Waals surface area contributed by atoms with Crippen molar-refractivity contribution >= 4 is 11.7 Å². The third-order valence-corrected chi connectivity index (χ3v) is 5.16. The molecule has 0 spiro atoms. The number of carbonyl (C=O) groups is 1. The zero-order valence-corrected chi connectivity index (χ0v) is 18.8. The van der Waals surface area contributed by atoms with Crippen molar-refractivity contribution in [3.8, 4) is 5.75 Å². The Morgan fingerprint density at radius 1 is 1.15 bits per heavy atom. The number of hydrogen-bond acceptors (Lipinski definition) is 4. The van der Waals surface area contributed by atoms with Crippen LogP contribution in [0.5, 0.6) is 5.75 Å². The van der Waals surface area contributed by atoms with Crippen molar-refractivity contribution in [2.75, 3.05) is 5.32 Å². The Bertz CT molecular complexity index is 1260. The average molecular weight is 448 g/mol. The molecule has 4 aromatic rings. The summed E-state index contributed by atoms with van der Waals surface area (Å²) in [5.41, 5.74) is 3.02. The lowest BCUT2D eigenvalue weighted by Gasteiger charge is -2.14. The number of furan rings is 1. The summed E-state index contributed by atoms with van der Waals surface area (Å²) in [7, 11) is 0. The number of aromatic nitrogens is 2. The molecule has 0 aliphatic rings. The summed E-state index contributed by atoms with van der Waals surface area (Å²) in [6, 6.07) is 17.5. The number of rotatable bonds is 8. The van der Waals surface area contributed by atoms with Crippen molar-refractivity contribution in [3.05, 3.63) is 101 Å². The molecule has 170 valence electrons. The van der Waals surface area contributed by atoms with Gasteiger partial charge in [0, 0.05) is 12.3 Å². The predicted octanol–water partition coefficient (Wildman–Crippen LogP) is 5.93. The smallest absolute Gasteiger partial charge is 0.292 e.